The lowest BCUT2D eigenvalue weighted by Crippen LogP contribution is -2.52. The number of aliphatic hydroxyl groups is 1. The maximum atomic E-state index is 12.7. The van der Waals surface area contributed by atoms with E-state index in [2.05, 4.69) is 13.8 Å². The Hall–Kier alpha value is -1.44. The second-order valence-electron chi connectivity index (χ2n) is 6.28. The smallest absolute Gasteiger partial charge is 0.251 e. The molecule has 2 rings (SSSR count). The molecule has 1 saturated heterocycles. The van der Waals surface area contributed by atoms with Crippen molar-refractivity contribution < 1.29 is 18.3 Å². The van der Waals surface area contributed by atoms with Crippen molar-refractivity contribution in [2.75, 3.05) is 26.2 Å². The first-order valence-electron chi connectivity index (χ1n) is 8.34. The molecule has 1 aromatic carbocycles. The Labute approximate surface area is 144 Å². The van der Waals surface area contributed by atoms with Crippen molar-refractivity contribution >= 4 is 15.9 Å². The fourth-order valence-corrected chi connectivity index (χ4v) is 4.19. The molecule has 1 aliphatic rings. The summed E-state index contributed by atoms with van der Waals surface area (Å²) in [7, 11) is -3.55. The largest absolute Gasteiger partial charge is 0.384 e. The average molecular weight is 354 g/mol. The highest BCUT2D eigenvalue weighted by Crippen LogP contribution is 2.23. The molecule has 1 heterocycles. The molecule has 0 aromatic heterocycles. The first kappa shape index (κ1) is 18.9. The Bertz CT molecular complexity index is 662. The summed E-state index contributed by atoms with van der Waals surface area (Å²) in [4.78, 5) is 13.5. The summed E-state index contributed by atoms with van der Waals surface area (Å²) in [5, 5.41) is 9.34. The minimum Gasteiger partial charge on any atom is -0.384 e. The minimum atomic E-state index is -3.55. The van der Waals surface area contributed by atoms with Gasteiger partial charge in [0.2, 0.25) is 10.0 Å². The van der Waals surface area contributed by atoms with Gasteiger partial charge in [0.1, 0.15) is 6.10 Å². The molecule has 1 aliphatic heterocycles. The molecule has 1 fully saturated rings. The second-order valence-corrected chi connectivity index (χ2v) is 8.22. The summed E-state index contributed by atoms with van der Waals surface area (Å²) < 4.78 is 26.8. The highest BCUT2D eigenvalue weighted by molar-refractivity contribution is 7.89. The van der Waals surface area contributed by atoms with E-state index in [0.717, 1.165) is 12.0 Å². The van der Waals surface area contributed by atoms with Gasteiger partial charge < -0.3 is 10.0 Å². The summed E-state index contributed by atoms with van der Waals surface area (Å²) in [6.45, 7) is 6.72. The van der Waals surface area contributed by atoms with Crippen LogP contribution in [0.2, 0.25) is 0 Å². The molecule has 0 aliphatic carbocycles. The van der Waals surface area contributed by atoms with Crippen LogP contribution in [-0.4, -0.2) is 60.9 Å². The number of piperazine rings is 1. The van der Waals surface area contributed by atoms with E-state index < -0.39 is 16.1 Å². The van der Waals surface area contributed by atoms with Crippen molar-refractivity contribution in [2.45, 2.75) is 44.1 Å². The first-order valence-corrected chi connectivity index (χ1v) is 9.78. The fraction of sp³-hybridized carbons (Fsp3) is 0.588. The minimum absolute atomic E-state index is 0.244. The van der Waals surface area contributed by atoms with Crippen molar-refractivity contribution in [1.82, 2.24) is 9.21 Å². The molecular weight excluding hydrogens is 328 g/mol. The van der Waals surface area contributed by atoms with Gasteiger partial charge in [-0.25, -0.2) is 8.42 Å². The van der Waals surface area contributed by atoms with Gasteiger partial charge in [-0.2, -0.15) is 4.31 Å². The van der Waals surface area contributed by atoms with Crippen molar-refractivity contribution in [2.24, 2.45) is 0 Å². The Morgan fingerprint density at radius 1 is 1.12 bits per heavy atom. The number of rotatable bonds is 5. The van der Waals surface area contributed by atoms with Gasteiger partial charge in [0, 0.05) is 26.2 Å². The molecule has 0 bridgehead atoms. The number of amides is 1. The van der Waals surface area contributed by atoms with Gasteiger partial charge in [0.05, 0.1) is 4.90 Å². The van der Waals surface area contributed by atoms with Gasteiger partial charge in [0.25, 0.3) is 5.91 Å². The van der Waals surface area contributed by atoms with Gasteiger partial charge >= 0.3 is 0 Å². The molecule has 2 atom stereocenters. The Morgan fingerprint density at radius 3 is 2.12 bits per heavy atom. The molecule has 1 amide bonds. The zero-order valence-electron chi connectivity index (χ0n) is 14.5. The van der Waals surface area contributed by atoms with Crippen LogP contribution in [0, 0.1) is 0 Å². The van der Waals surface area contributed by atoms with E-state index in [1.807, 2.05) is 12.1 Å². The summed E-state index contributed by atoms with van der Waals surface area (Å²) >= 11 is 0. The topological polar surface area (TPSA) is 77.9 Å². The highest BCUT2D eigenvalue weighted by Gasteiger charge is 2.31. The van der Waals surface area contributed by atoms with Gasteiger partial charge in [0.15, 0.2) is 0 Å². The van der Waals surface area contributed by atoms with Crippen LogP contribution in [0.1, 0.15) is 38.7 Å². The summed E-state index contributed by atoms with van der Waals surface area (Å²) in [5.74, 6) is 0.0433. The summed E-state index contributed by atoms with van der Waals surface area (Å²) in [6.07, 6.45) is -0.0491. The molecule has 0 saturated carbocycles. The molecule has 0 unspecified atom stereocenters. The van der Waals surface area contributed by atoms with Crippen LogP contribution in [0.5, 0.6) is 0 Å². The maximum absolute atomic E-state index is 12.7. The molecule has 0 radical (unpaired) electrons. The van der Waals surface area contributed by atoms with Gasteiger partial charge in [-0.05, 0) is 37.0 Å². The quantitative estimate of drug-likeness (QED) is 0.867. The number of aliphatic hydroxyl groups excluding tert-OH is 1. The standard InChI is InChI=1S/C17H26N2O4S/c1-4-13(2)15-5-7-16(8-6-15)24(22,23)19-11-9-18(10-12-19)17(21)14(3)20/h5-8,13-14,20H,4,9-12H2,1-3H3/t13-,14-/m1/s1. The summed E-state index contributed by atoms with van der Waals surface area (Å²) in [6, 6.07) is 7.05. The number of hydrogen-bond acceptors (Lipinski definition) is 4. The van der Waals surface area contributed by atoms with Gasteiger partial charge in [-0.15, -0.1) is 0 Å². The molecule has 134 valence electrons. The average Bonchev–Trinajstić information content (AvgIpc) is 2.60. The molecule has 1 N–H and O–H groups in total. The number of hydrogen-bond donors (Lipinski definition) is 1. The lowest BCUT2D eigenvalue weighted by Gasteiger charge is -2.34. The normalized spacial score (nSPS) is 19.1. The number of carbonyl (C=O) groups is 1. The lowest BCUT2D eigenvalue weighted by molar-refractivity contribution is -0.140. The maximum Gasteiger partial charge on any atom is 0.251 e. The van der Waals surface area contributed by atoms with E-state index in [-0.39, 0.29) is 23.9 Å². The summed E-state index contributed by atoms with van der Waals surface area (Å²) in [5.41, 5.74) is 1.13. The van der Waals surface area contributed by atoms with Crippen LogP contribution >= 0.6 is 0 Å². The second kappa shape index (κ2) is 7.63. The first-order chi connectivity index (χ1) is 11.3. The van der Waals surface area contributed by atoms with Crippen LogP contribution in [0.3, 0.4) is 0 Å². The number of carbonyl (C=O) groups excluding carboxylic acids is 1. The van der Waals surface area contributed by atoms with E-state index in [4.69, 9.17) is 0 Å². The Morgan fingerprint density at radius 2 is 1.67 bits per heavy atom. The van der Waals surface area contributed by atoms with E-state index in [1.165, 1.54) is 16.1 Å². The van der Waals surface area contributed by atoms with Crippen molar-refractivity contribution in [1.29, 1.82) is 0 Å². The third-order valence-corrected chi connectivity index (χ3v) is 6.52. The molecule has 6 nitrogen and oxygen atoms in total. The molecule has 0 spiro atoms. The molecule has 7 heteroatoms. The van der Waals surface area contributed by atoms with Crippen LogP contribution in [0.15, 0.2) is 29.2 Å². The van der Waals surface area contributed by atoms with Crippen LogP contribution < -0.4 is 0 Å². The van der Waals surface area contributed by atoms with E-state index >= 15 is 0 Å². The zero-order valence-corrected chi connectivity index (χ0v) is 15.3. The third kappa shape index (κ3) is 3.96. The van der Waals surface area contributed by atoms with E-state index in [1.54, 1.807) is 12.1 Å². The van der Waals surface area contributed by atoms with Crippen molar-refractivity contribution in [3.05, 3.63) is 29.8 Å². The molecule has 1 aromatic rings. The number of benzene rings is 1. The highest BCUT2D eigenvalue weighted by atomic mass is 32.2. The monoisotopic (exact) mass is 354 g/mol. The SMILES string of the molecule is CC[C@@H](C)c1ccc(S(=O)(=O)N2CCN(C(=O)[C@@H](C)O)CC2)cc1. The van der Waals surface area contributed by atoms with Crippen molar-refractivity contribution in [3.63, 3.8) is 0 Å². The Balaban J connectivity index is 2.08. The van der Waals surface area contributed by atoms with Gasteiger partial charge in [-0.1, -0.05) is 26.0 Å². The van der Waals surface area contributed by atoms with Crippen LogP contribution in [0.4, 0.5) is 0 Å². The Kier molecular flexibility index (Phi) is 6.01. The number of sulfonamides is 1. The van der Waals surface area contributed by atoms with Crippen LogP contribution in [-0.2, 0) is 14.8 Å². The number of nitrogens with zero attached hydrogens (tertiary/aromatic N) is 2. The van der Waals surface area contributed by atoms with Crippen LogP contribution in [0.25, 0.3) is 0 Å². The molecular formula is C17H26N2O4S. The predicted octanol–water partition coefficient (Wildman–Crippen LogP) is 1.41. The lowest BCUT2D eigenvalue weighted by atomic mass is 9.99. The third-order valence-electron chi connectivity index (χ3n) is 4.61. The predicted molar refractivity (Wildman–Crippen MR) is 92.2 cm³/mol. The van der Waals surface area contributed by atoms with E-state index in [9.17, 15) is 18.3 Å². The van der Waals surface area contributed by atoms with Crippen molar-refractivity contribution in [3.8, 4) is 0 Å². The van der Waals surface area contributed by atoms with Gasteiger partial charge in [-0.3, -0.25) is 4.79 Å². The zero-order chi connectivity index (χ0) is 17.9. The fourth-order valence-electron chi connectivity index (χ4n) is 2.77. The van der Waals surface area contributed by atoms with E-state index in [0.29, 0.717) is 19.0 Å². The molecule has 24 heavy (non-hydrogen) atoms.